The Kier molecular flexibility index (Phi) is 8.32. The van der Waals surface area contributed by atoms with Crippen molar-refractivity contribution in [1.82, 2.24) is 4.98 Å². The highest BCUT2D eigenvalue weighted by Crippen LogP contribution is 2.47. The molecule has 3 saturated heterocycles. The van der Waals surface area contributed by atoms with Crippen LogP contribution in [0.4, 0.5) is 18.9 Å². The van der Waals surface area contributed by atoms with Crippen LogP contribution in [0, 0.1) is 11.8 Å². The lowest BCUT2D eigenvalue weighted by molar-refractivity contribution is -0.966. The Labute approximate surface area is 268 Å². The van der Waals surface area contributed by atoms with E-state index in [9.17, 15) is 23.1 Å². The van der Waals surface area contributed by atoms with Crippen molar-refractivity contribution in [1.29, 1.82) is 0 Å². The first-order valence-corrected chi connectivity index (χ1v) is 15.9. The molecule has 3 aliphatic heterocycles. The molecular weight excluding hydrogens is 587 g/mol. The maximum atomic E-state index is 13.9. The second-order valence-corrected chi connectivity index (χ2v) is 14.0. The number of amides is 1. The quantitative estimate of drug-likeness (QED) is 0.160. The van der Waals surface area contributed by atoms with Crippen molar-refractivity contribution in [3.05, 3.63) is 108 Å². The van der Waals surface area contributed by atoms with E-state index in [1.165, 1.54) is 12.1 Å². The zero-order chi connectivity index (χ0) is 32.9. The van der Waals surface area contributed by atoms with E-state index in [0.29, 0.717) is 39.3 Å². The van der Waals surface area contributed by atoms with E-state index >= 15 is 0 Å². The molecule has 46 heavy (non-hydrogen) atoms. The fourth-order valence-electron chi connectivity index (χ4n) is 7.74. The lowest BCUT2D eigenvalue weighted by atomic mass is 9.71. The lowest BCUT2D eigenvalue weighted by Gasteiger charge is -2.57. The molecule has 240 valence electrons. The normalized spacial score (nSPS) is 23.7. The van der Waals surface area contributed by atoms with E-state index in [0.717, 1.165) is 48.2 Å². The van der Waals surface area contributed by atoms with Gasteiger partial charge in [0.25, 0.3) is 5.91 Å². The molecule has 7 rings (SSSR count). The maximum Gasteiger partial charge on any atom is 0.416 e. The van der Waals surface area contributed by atoms with Crippen LogP contribution in [-0.4, -0.2) is 46.2 Å². The summed E-state index contributed by atoms with van der Waals surface area (Å²) in [5.41, 5.74) is 3.31. The van der Waals surface area contributed by atoms with Gasteiger partial charge >= 0.3 is 6.18 Å². The SMILES string of the molecule is C=C[C@H]1C[N@+]2(CC(=O)Nc3ccccc3C(C)(C)C)CC[C@H]1C[C@@H]2[C@@H](O)c1cc(-c2ccc(C(F)(F)F)cc2)nc2ccccc12. The molecule has 3 aromatic carbocycles. The summed E-state index contributed by atoms with van der Waals surface area (Å²) in [6.07, 6.45) is -1.69. The molecule has 3 fully saturated rings. The minimum absolute atomic E-state index is 0.0953. The second-order valence-electron chi connectivity index (χ2n) is 14.0. The summed E-state index contributed by atoms with van der Waals surface area (Å²) in [5, 5.41) is 16.3. The van der Waals surface area contributed by atoms with Gasteiger partial charge in [-0.1, -0.05) is 75.4 Å². The number of pyridine rings is 1. The number of nitrogens with zero attached hydrogens (tertiary/aromatic N) is 2. The van der Waals surface area contributed by atoms with E-state index in [4.69, 9.17) is 4.98 Å². The van der Waals surface area contributed by atoms with Crippen LogP contribution in [0.1, 0.15) is 56.4 Å². The highest BCUT2D eigenvalue weighted by atomic mass is 19.4. The third kappa shape index (κ3) is 6.08. The topological polar surface area (TPSA) is 62.2 Å². The van der Waals surface area contributed by atoms with Crippen LogP contribution >= 0.6 is 0 Å². The van der Waals surface area contributed by atoms with Crippen molar-refractivity contribution >= 4 is 22.5 Å². The summed E-state index contributed by atoms with van der Waals surface area (Å²) < 4.78 is 40.2. The number of rotatable bonds is 7. The monoisotopic (exact) mass is 628 g/mol. The van der Waals surface area contributed by atoms with E-state index in [1.807, 2.05) is 54.6 Å². The first kappa shape index (κ1) is 32.0. The van der Waals surface area contributed by atoms with Gasteiger partial charge in [-0.2, -0.15) is 13.2 Å². The molecule has 4 aromatic rings. The zero-order valence-corrected chi connectivity index (χ0v) is 26.5. The summed E-state index contributed by atoms with van der Waals surface area (Å²) in [6, 6.07) is 21.9. The maximum absolute atomic E-state index is 13.9. The molecule has 5 atom stereocenters. The summed E-state index contributed by atoms with van der Waals surface area (Å²) in [4.78, 5) is 18.6. The summed E-state index contributed by atoms with van der Waals surface area (Å²) in [5.74, 6) is 0.496. The van der Waals surface area contributed by atoms with Gasteiger partial charge in [0.2, 0.25) is 0 Å². The van der Waals surface area contributed by atoms with Gasteiger partial charge in [0, 0.05) is 35.4 Å². The summed E-state index contributed by atoms with van der Waals surface area (Å²) in [7, 11) is 0. The van der Waals surface area contributed by atoms with E-state index < -0.39 is 17.8 Å². The number of quaternary nitrogens is 1. The van der Waals surface area contributed by atoms with Gasteiger partial charge in [0.15, 0.2) is 6.54 Å². The highest BCUT2D eigenvalue weighted by molar-refractivity contribution is 5.92. The van der Waals surface area contributed by atoms with Crippen LogP contribution < -0.4 is 5.32 Å². The number of anilines is 1. The van der Waals surface area contributed by atoms with Gasteiger partial charge in [-0.15, -0.1) is 6.58 Å². The Hall–Kier alpha value is -4.01. The zero-order valence-electron chi connectivity index (χ0n) is 26.5. The van der Waals surface area contributed by atoms with Crippen molar-refractivity contribution in [3.63, 3.8) is 0 Å². The van der Waals surface area contributed by atoms with E-state index in [-0.39, 0.29) is 29.8 Å². The highest BCUT2D eigenvalue weighted by Gasteiger charge is 2.55. The van der Waals surface area contributed by atoms with Crippen molar-refractivity contribution in [2.45, 2.75) is 57.3 Å². The van der Waals surface area contributed by atoms with Gasteiger partial charge in [0.1, 0.15) is 12.1 Å². The fraction of sp³-hybridized carbons (Fsp3) is 0.368. The molecule has 0 saturated carbocycles. The molecule has 1 aromatic heterocycles. The predicted molar refractivity (Wildman–Crippen MR) is 176 cm³/mol. The predicted octanol–water partition coefficient (Wildman–Crippen LogP) is 8.30. The minimum atomic E-state index is -4.44. The van der Waals surface area contributed by atoms with Gasteiger partial charge in [-0.05, 0) is 52.8 Å². The number of alkyl halides is 3. The van der Waals surface area contributed by atoms with Crippen molar-refractivity contribution < 1.29 is 27.6 Å². The number of carbonyl (C=O) groups is 1. The molecule has 2 N–H and O–H groups in total. The number of aromatic nitrogens is 1. The number of aliphatic hydroxyl groups excluding tert-OH is 1. The molecule has 0 aliphatic carbocycles. The van der Waals surface area contributed by atoms with Crippen LogP contribution in [-0.2, 0) is 16.4 Å². The van der Waals surface area contributed by atoms with Gasteiger partial charge in [-0.3, -0.25) is 4.79 Å². The molecule has 5 nitrogen and oxygen atoms in total. The molecule has 0 spiro atoms. The molecular formula is C38H41F3N3O2+. The number of piperidine rings is 3. The number of para-hydroxylation sites is 2. The molecule has 3 aliphatic rings. The largest absolute Gasteiger partial charge is 0.416 e. The molecule has 0 unspecified atom stereocenters. The number of halogens is 3. The lowest BCUT2D eigenvalue weighted by Crippen LogP contribution is -2.69. The van der Waals surface area contributed by atoms with Crippen molar-refractivity contribution in [2.75, 3.05) is 25.0 Å². The first-order valence-electron chi connectivity index (χ1n) is 15.9. The molecule has 8 heteroatoms. The van der Waals surface area contributed by atoms with Crippen molar-refractivity contribution in [3.8, 4) is 11.3 Å². The average molecular weight is 629 g/mol. The van der Waals surface area contributed by atoms with Gasteiger partial charge < -0.3 is 14.9 Å². The van der Waals surface area contributed by atoms with Crippen LogP contribution in [0.3, 0.4) is 0 Å². The number of benzene rings is 3. The first-order chi connectivity index (χ1) is 21.8. The van der Waals surface area contributed by atoms with Crippen molar-refractivity contribution in [2.24, 2.45) is 11.8 Å². The van der Waals surface area contributed by atoms with Crippen LogP contribution in [0.5, 0.6) is 0 Å². The smallest absolute Gasteiger partial charge is 0.382 e. The number of nitrogens with one attached hydrogen (secondary N) is 1. The van der Waals surface area contributed by atoms with E-state index in [2.05, 4.69) is 32.7 Å². The Morgan fingerprint density at radius 1 is 1.07 bits per heavy atom. The minimum Gasteiger partial charge on any atom is -0.382 e. The van der Waals surface area contributed by atoms with Crippen LogP contribution in [0.2, 0.25) is 0 Å². The second kappa shape index (κ2) is 12.0. The Balaban J connectivity index is 1.37. The number of carbonyl (C=O) groups excluding carboxylic acids is 1. The number of fused-ring (bicyclic) bond motifs is 4. The molecule has 1 amide bonds. The average Bonchev–Trinajstić information content (AvgIpc) is 3.03. The van der Waals surface area contributed by atoms with Crippen LogP contribution in [0.15, 0.2) is 91.5 Å². The van der Waals surface area contributed by atoms with E-state index in [1.54, 1.807) is 6.07 Å². The molecule has 2 bridgehead atoms. The molecule has 4 heterocycles. The fourth-order valence-corrected chi connectivity index (χ4v) is 7.74. The van der Waals surface area contributed by atoms with Gasteiger partial charge in [0.05, 0.1) is 29.9 Å². The van der Waals surface area contributed by atoms with Gasteiger partial charge in [-0.25, -0.2) is 4.98 Å². The Morgan fingerprint density at radius 3 is 2.46 bits per heavy atom. The van der Waals surface area contributed by atoms with Crippen LogP contribution in [0.25, 0.3) is 22.2 Å². The number of hydrogen-bond acceptors (Lipinski definition) is 3. The Bertz CT molecular complexity index is 1760. The molecule has 0 radical (unpaired) electrons. The summed E-state index contributed by atoms with van der Waals surface area (Å²) >= 11 is 0. The number of hydrogen-bond donors (Lipinski definition) is 2. The third-order valence-electron chi connectivity index (χ3n) is 10.1. The standard InChI is InChI=1S/C38H40F3N3O2/c1-5-24-22-44(23-35(45)43-32-13-9-7-11-30(32)37(2,3)4)19-18-26(24)20-34(44)36(46)29-21-33(42-31-12-8-6-10-28(29)31)25-14-16-27(17-15-25)38(39,40)41/h5-17,21,24,26,34,36,46H,1,18-20,22-23H2,2-4H3/p+1/t24-,26-,34+,36-,44-/m0/s1. The summed E-state index contributed by atoms with van der Waals surface area (Å²) in [6.45, 7) is 12.1. The third-order valence-corrected chi connectivity index (χ3v) is 10.1. The Morgan fingerprint density at radius 2 is 1.76 bits per heavy atom. The number of aliphatic hydroxyl groups is 1.